The van der Waals surface area contributed by atoms with Crippen molar-refractivity contribution in [2.75, 3.05) is 7.11 Å². The number of nitrogens with zero attached hydrogens (tertiary/aromatic N) is 1. The van der Waals surface area contributed by atoms with Crippen LogP contribution in [0.4, 0.5) is 0 Å². The molecule has 0 aliphatic heterocycles. The molecular weight excluding hydrogens is 295 g/mol. The number of nitrogens with one attached hydrogen (secondary N) is 1. The zero-order chi connectivity index (χ0) is 11.7. The van der Waals surface area contributed by atoms with Crippen LogP contribution in [0.2, 0.25) is 5.28 Å². The smallest absolute Gasteiger partial charge is 0.310 e. The SMILES string of the molecule is COC(=O)Cc1ccc(Br)c2[nH]c(Cl)nc12. The van der Waals surface area contributed by atoms with Crippen molar-refractivity contribution in [3.8, 4) is 0 Å². The van der Waals surface area contributed by atoms with Crippen molar-refractivity contribution in [3.63, 3.8) is 0 Å². The Balaban J connectivity index is 2.53. The highest BCUT2D eigenvalue weighted by Gasteiger charge is 2.12. The fraction of sp³-hybridized carbons (Fsp3) is 0.200. The third kappa shape index (κ3) is 2.05. The van der Waals surface area contributed by atoms with E-state index in [-0.39, 0.29) is 12.4 Å². The fourth-order valence-corrected chi connectivity index (χ4v) is 2.05. The second-order valence-electron chi connectivity index (χ2n) is 3.21. The summed E-state index contributed by atoms with van der Waals surface area (Å²) in [6.07, 6.45) is 0.182. The number of aromatic amines is 1. The van der Waals surface area contributed by atoms with Crippen LogP contribution in [0.15, 0.2) is 16.6 Å². The summed E-state index contributed by atoms with van der Waals surface area (Å²) in [5.74, 6) is -0.303. The summed E-state index contributed by atoms with van der Waals surface area (Å²) < 4.78 is 5.48. The van der Waals surface area contributed by atoms with E-state index in [1.165, 1.54) is 7.11 Å². The summed E-state index contributed by atoms with van der Waals surface area (Å²) in [6.45, 7) is 0. The van der Waals surface area contributed by atoms with Crippen molar-refractivity contribution >= 4 is 44.5 Å². The van der Waals surface area contributed by atoms with E-state index < -0.39 is 0 Å². The third-order valence-electron chi connectivity index (χ3n) is 2.21. The molecule has 0 fully saturated rings. The molecule has 16 heavy (non-hydrogen) atoms. The number of rotatable bonds is 2. The summed E-state index contributed by atoms with van der Waals surface area (Å²) >= 11 is 9.18. The number of carbonyl (C=O) groups excluding carboxylic acids is 1. The molecule has 0 unspecified atom stereocenters. The number of ether oxygens (including phenoxy) is 1. The van der Waals surface area contributed by atoms with Crippen molar-refractivity contribution in [1.82, 2.24) is 9.97 Å². The van der Waals surface area contributed by atoms with Gasteiger partial charge in [0.1, 0.15) is 0 Å². The van der Waals surface area contributed by atoms with Crippen molar-refractivity contribution in [1.29, 1.82) is 0 Å². The van der Waals surface area contributed by atoms with E-state index in [4.69, 9.17) is 11.6 Å². The summed E-state index contributed by atoms with van der Waals surface area (Å²) in [7, 11) is 1.36. The van der Waals surface area contributed by atoms with Crippen LogP contribution in [-0.2, 0) is 16.0 Å². The van der Waals surface area contributed by atoms with Crippen LogP contribution in [0.25, 0.3) is 11.0 Å². The number of halogens is 2. The molecule has 0 spiro atoms. The van der Waals surface area contributed by atoms with Crippen LogP contribution >= 0.6 is 27.5 Å². The van der Waals surface area contributed by atoms with Gasteiger partial charge < -0.3 is 9.72 Å². The van der Waals surface area contributed by atoms with E-state index in [0.29, 0.717) is 10.8 Å². The number of imidazole rings is 1. The van der Waals surface area contributed by atoms with Crippen LogP contribution in [0, 0.1) is 0 Å². The summed E-state index contributed by atoms with van der Waals surface area (Å²) in [6, 6.07) is 3.66. The molecule has 2 aromatic rings. The molecule has 1 aromatic heterocycles. The maximum absolute atomic E-state index is 11.2. The molecule has 0 saturated heterocycles. The zero-order valence-electron chi connectivity index (χ0n) is 8.38. The van der Waals surface area contributed by atoms with Gasteiger partial charge in [-0.1, -0.05) is 6.07 Å². The van der Waals surface area contributed by atoms with Gasteiger partial charge in [-0.3, -0.25) is 4.79 Å². The van der Waals surface area contributed by atoms with Gasteiger partial charge in [-0.05, 0) is 39.2 Å². The van der Waals surface area contributed by atoms with Crippen LogP contribution in [0.1, 0.15) is 5.56 Å². The lowest BCUT2D eigenvalue weighted by Crippen LogP contribution is -2.04. The first kappa shape index (κ1) is 11.4. The number of benzene rings is 1. The van der Waals surface area contributed by atoms with E-state index >= 15 is 0 Å². The van der Waals surface area contributed by atoms with Gasteiger partial charge in [-0.25, -0.2) is 4.98 Å². The Kier molecular flexibility index (Phi) is 3.16. The first-order chi connectivity index (χ1) is 7.61. The average Bonchev–Trinajstić information content (AvgIpc) is 2.65. The van der Waals surface area contributed by atoms with Gasteiger partial charge in [-0.2, -0.15) is 0 Å². The maximum atomic E-state index is 11.2. The summed E-state index contributed by atoms with van der Waals surface area (Å²) in [4.78, 5) is 18.3. The molecule has 6 heteroatoms. The zero-order valence-corrected chi connectivity index (χ0v) is 10.7. The molecule has 0 bridgehead atoms. The number of esters is 1. The Morgan fingerprint density at radius 3 is 3.06 bits per heavy atom. The molecule has 0 saturated carbocycles. The number of aromatic nitrogens is 2. The first-order valence-corrected chi connectivity index (χ1v) is 5.68. The van der Waals surface area contributed by atoms with Gasteiger partial charge in [-0.15, -0.1) is 0 Å². The number of methoxy groups -OCH3 is 1. The van der Waals surface area contributed by atoms with Gasteiger partial charge in [0.25, 0.3) is 0 Å². The number of hydrogen-bond donors (Lipinski definition) is 1. The maximum Gasteiger partial charge on any atom is 0.310 e. The van der Waals surface area contributed by atoms with E-state index in [9.17, 15) is 4.79 Å². The van der Waals surface area contributed by atoms with Crippen molar-refractivity contribution in [2.45, 2.75) is 6.42 Å². The Morgan fingerprint density at radius 2 is 2.38 bits per heavy atom. The van der Waals surface area contributed by atoms with E-state index in [0.717, 1.165) is 15.6 Å². The van der Waals surface area contributed by atoms with Crippen molar-refractivity contribution in [3.05, 3.63) is 27.5 Å². The van der Waals surface area contributed by atoms with E-state index in [1.54, 1.807) is 0 Å². The monoisotopic (exact) mass is 302 g/mol. The van der Waals surface area contributed by atoms with Crippen molar-refractivity contribution < 1.29 is 9.53 Å². The third-order valence-corrected chi connectivity index (χ3v) is 3.05. The Labute approximate surface area is 105 Å². The molecule has 0 aliphatic carbocycles. The Morgan fingerprint density at radius 1 is 1.62 bits per heavy atom. The van der Waals surface area contributed by atoms with Gasteiger partial charge in [0.15, 0.2) is 0 Å². The molecule has 4 nitrogen and oxygen atoms in total. The van der Waals surface area contributed by atoms with E-state index in [2.05, 4.69) is 30.6 Å². The topological polar surface area (TPSA) is 55.0 Å². The summed E-state index contributed by atoms with van der Waals surface area (Å²) in [5, 5.41) is 0.299. The van der Waals surface area contributed by atoms with Gasteiger partial charge in [0.2, 0.25) is 5.28 Å². The summed E-state index contributed by atoms with van der Waals surface area (Å²) in [5.41, 5.74) is 2.25. The number of carbonyl (C=O) groups is 1. The predicted octanol–water partition coefficient (Wildman–Crippen LogP) is 2.69. The van der Waals surface area contributed by atoms with Gasteiger partial charge >= 0.3 is 5.97 Å². The number of hydrogen-bond acceptors (Lipinski definition) is 3. The lowest BCUT2D eigenvalue weighted by atomic mass is 10.1. The first-order valence-electron chi connectivity index (χ1n) is 4.51. The molecule has 0 atom stereocenters. The normalized spacial score (nSPS) is 10.7. The minimum Gasteiger partial charge on any atom is -0.469 e. The van der Waals surface area contributed by atoms with Crippen LogP contribution in [0.5, 0.6) is 0 Å². The fourth-order valence-electron chi connectivity index (χ4n) is 1.46. The molecule has 1 aromatic carbocycles. The Bertz CT molecular complexity index is 553. The highest BCUT2D eigenvalue weighted by atomic mass is 79.9. The van der Waals surface area contributed by atoms with Crippen LogP contribution in [0.3, 0.4) is 0 Å². The predicted molar refractivity (Wildman–Crippen MR) is 64.5 cm³/mol. The second kappa shape index (κ2) is 4.43. The Hall–Kier alpha value is -1.07. The quantitative estimate of drug-likeness (QED) is 0.868. The lowest BCUT2D eigenvalue weighted by Gasteiger charge is -2.02. The molecule has 2 rings (SSSR count). The van der Waals surface area contributed by atoms with Crippen LogP contribution in [-0.4, -0.2) is 23.0 Å². The largest absolute Gasteiger partial charge is 0.469 e. The van der Waals surface area contributed by atoms with Crippen molar-refractivity contribution in [2.24, 2.45) is 0 Å². The highest BCUT2D eigenvalue weighted by Crippen LogP contribution is 2.26. The molecule has 1 N–H and O–H groups in total. The molecule has 0 radical (unpaired) electrons. The molecule has 0 aliphatic rings. The van der Waals surface area contributed by atoms with E-state index in [1.807, 2.05) is 12.1 Å². The van der Waals surface area contributed by atoms with Gasteiger partial charge in [0.05, 0.1) is 24.6 Å². The highest BCUT2D eigenvalue weighted by molar-refractivity contribution is 9.10. The second-order valence-corrected chi connectivity index (χ2v) is 4.42. The minimum absolute atomic E-state index is 0.182. The molecular formula is C10H8BrClN2O2. The standard InChI is InChI=1S/C10H8BrClN2O2/c1-16-7(15)4-5-2-3-6(11)9-8(5)13-10(12)14-9/h2-3H,4H2,1H3,(H,13,14). The number of H-pyrrole nitrogens is 1. The molecule has 84 valence electrons. The molecule has 1 heterocycles. The lowest BCUT2D eigenvalue weighted by molar-refractivity contribution is -0.139. The van der Waals surface area contributed by atoms with Gasteiger partial charge in [0, 0.05) is 4.47 Å². The number of fused-ring (bicyclic) bond motifs is 1. The minimum atomic E-state index is -0.303. The molecule has 0 amide bonds. The van der Waals surface area contributed by atoms with Crippen LogP contribution < -0.4 is 0 Å². The average molecular weight is 304 g/mol.